The minimum absolute atomic E-state index is 0.0549. The summed E-state index contributed by atoms with van der Waals surface area (Å²) < 4.78 is 5.80. The monoisotopic (exact) mass is 505 g/mol. The van der Waals surface area contributed by atoms with Crippen LogP contribution in [0, 0.1) is 0 Å². The molecule has 0 saturated carbocycles. The van der Waals surface area contributed by atoms with Crippen LogP contribution in [0.2, 0.25) is 0 Å². The molecule has 172 valence electrons. The van der Waals surface area contributed by atoms with Gasteiger partial charge in [-0.05, 0) is 29.4 Å². The third-order valence-corrected chi connectivity index (χ3v) is 6.32. The molecule has 1 aliphatic carbocycles. The lowest BCUT2D eigenvalue weighted by atomic mass is 9.85. The predicted octanol–water partition coefficient (Wildman–Crippen LogP) is 4.04. The second-order valence-electron chi connectivity index (χ2n) is 7.27. The molecule has 33 heavy (non-hydrogen) atoms. The number of carbonyl (C=O) groups is 2. The number of rotatable bonds is 6. The number of nitrogens with two attached hydrogens (primary N) is 1. The number of nitrogens with one attached hydrogen (secondary N) is 2. The quantitative estimate of drug-likeness (QED) is 0.268. The van der Waals surface area contributed by atoms with Crippen molar-refractivity contribution < 1.29 is 19.4 Å². The van der Waals surface area contributed by atoms with Crippen molar-refractivity contribution in [3.63, 3.8) is 0 Å². The number of primary amides is 1. The van der Waals surface area contributed by atoms with Gasteiger partial charge in [0.25, 0.3) is 0 Å². The number of halogens is 2. The zero-order valence-electron chi connectivity index (χ0n) is 17.5. The van der Waals surface area contributed by atoms with Gasteiger partial charge in [0.15, 0.2) is 4.87 Å². The van der Waals surface area contributed by atoms with Crippen LogP contribution in [0.4, 0.5) is 10.5 Å². The lowest BCUT2D eigenvalue weighted by molar-refractivity contribution is -0.183. The fraction of sp³-hybridized carbons (Fsp3) is 0.174. The summed E-state index contributed by atoms with van der Waals surface area (Å²) in [7, 11) is 0. The van der Waals surface area contributed by atoms with Crippen LogP contribution in [0.5, 0.6) is 0 Å². The second-order valence-corrected chi connectivity index (χ2v) is 8.68. The van der Waals surface area contributed by atoms with Gasteiger partial charge < -0.3 is 26.2 Å². The number of carbonyl (C=O) groups excluding carboxylic acids is 2. The van der Waals surface area contributed by atoms with E-state index >= 15 is 0 Å². The van der Waals surface area contributed by atoms with Gasteiger partial charge in [-0.3, -0.25) is 4.79 Å². The zero-order chi connectivity index (χ0) is 24.2. The highest BCUT2D eigenvalue weighted by Crippen LogP contribution is 2.47. The molecule has 0 radical (unpaired) electrons. The van der Waals surface area contributed by atoms with Gasteiger partial charge in [0, 0.05) is 18.2 Å². The van der Waals surface area contributed by atoms with Gasteiger partial charge in [-0.25, -0.2) is 4.79 Å². The molecule has 2 atom stereocenters. The van der Waals surface area contributed by atoms with Gasteiger partial charge in [0.1, 0.15) is 4.99 Å². The normalized spacial score (nSPS) is 22.1. The van der Waals surface area contributed by atoms with E-state index in [9.17, 15) is 14.7 Å². The average molecular weight is 506 g/mol. The van der Waals surface area contributed by atoms with E-state index in [-0.39, 0.29) is 22.5 Å². The predicted molar refractivity (Wildman–Crippen MR) is 133 cm³/mol. The van der Waals surface area contributed by atoms with Gasteiger partial charge in [0.05, 0.1) is 11.6 Å². The maximum Gasteiger partial charge on any atom is 0.317 e. The standard InChI is InChI=1S/C23H21Cl2N3O4S/c1-14(29)27-18-10-6-5-9-17(18)16-11-19(24)23(31,32-13-15-7-3-2-4-8-15)22(25,12-16)20(33)28-21(26)30/h2-12,31H,13H2,1H3,(H,27,29)(H3,26,28,30,33). The van der Waals surface area contributed by atoms with Crippen molar-refractivity contribution in [2.45, 2.75) is 24.2 Å². The molecule has 0 saturated heterocycles. The number of amides is 3. The van der Waals surface area contributed by atoms with Gasteiger partial charge in [-0.2, -0.15) is 0 Å². The Balaban J connectivity index is 2.09. The highest BCUT2D eigenvalue weighted by Gasteiger charge is 2.57. The maximum absolute atomic E-state index is 11.7. The number of hydrogen-bond acceptors (Lipinski definition) is 5. The smallest absolute Gasteiger partial charge is 0.317 e. The Labute approximate surface area is 206 Å². The number of alkyl halides is 1. The third kappa shape index (κ3) is 5.26. The van der Waals surface area contributed by atoms with E-state index in [1.54, 1.807) is 36.4 Å². The number of ether oxygens (including phenoxy) is 1. The molecule has 0 aromatic heterocycles. The summed E-state index contributed by atoms with van der Waals surface area (Å²) in [6, 6.07) is 15.0. The number of benzene rings is 2. The van der Waals surface area contributed by atoms with Crippen LogP contribution < -0.4 is 16.4 Å². The van der Waals surface area contributed by atoms with Crippen LogP contribution >= 0.6 is 35.4 Å². The average Bonchev–Trinajstić information content (AvgIpc) is 2.76. The molecule has 2 unspecified atom stereocenters. The van der Waals surface area contributed by atoms with Crippen molar-refractivity contribution in [3.8, 4) is 0 Å². The lowest BCUT2D eigenvalue weighted by Crippen LogP contribution is -2.61. The summed E-state index contributed by atoms with van der Waals surface area (Å²) >= 11 is 18.7. The molecule has 10 heteroatoms. The first kappa shape index (κ1) is 24.9. The zero-order valence-corrected chi connectivity index (χ0v) is 19.8. The molecule has 1 aliphatic rings. The second kappa shape index (κ2) is 10.0. The minimum atomic E-state index is -2.34. The molecule has 0 heterocycles. The third-order valence-electron chi connectivity index (χ3n) is 4.86. The summed E-state index contributed by atoms with van der Waals surface area (Å²) in [4.78, 5) is 20.8. The van der Waals surface area contributed by atoms with Crippen molar-refractivity contribution >= 4 is 63.6 Å². The fourth-order valence-electron chi connectivity index (χ4n) is 3.31. The Hall–Kier alpha value is -2.75. The molecule has 0 bridgehead atoms. The van der Waals surface area contributed by atoms with Crippen molar-refractivity contribution in [1.29, 1.82) is 0 Å². The number of allylic oxidation sites excluding steroid dienone is 2. The summed E-state index contributed by atoms with van der Waals surface area (Å²) in [6.07, 6.45) is 2.87. The molecule has 3 rings (SSSR count). The van der Waals surface area contributed by atoms with Crippen LogP contribution in [0.3, 0.4) is 0 Å². The molecule has 5 N–H and O–H groups in total. The minimum Gasteiger partial charge on any atom is -0.359 e. The molecule has 7 nitrogen and oxygen atoms in total. The molecular weight excluding hydrogens is 485 g/mol. The van der Waals surface area contributed by atoms with Gasteiger partial charge in [0.2, 0.25) is 11.7 Å². The van der Waals surface area contributed by atoms with Crippen LogP contribution in [0.15, 0.2) is 71.8 Å². The Bertz CT molecular complexity index is 1160. The highest BCUT2D eigenvalue weighted by molar-refractivity contribution is 7.80. The molecule has 0 fully saturated rings. The van der Waals surface area contributed by atoms with E-state index in [0.29, 0.717) is 16.8 Å². The fourth-order valence-corrected chi connectivity index (χ4v) is 4.30. The first-order chi connectivity index (χ1) is 15.6. The summed E-state index contributed by atoms with van der Waals surface area (Å²) in [5.41, 5.74) is 7.46. The number of para-hydroxylation sites is 1. The topological polar surface area (TPSA) is 114 Å². The van der Waals surface area contributed by atoms with Crippen molar-refractivity contribution in [2.75, 3.05) is 5.32 Å². The summed E-state index contributed by atoms with van der Waals surface area (Å²) in [5, 5.41) is 16.3. The molecule has 2 aromatic carbocycles. The molecule has 0 spiro atoms. The number of aliphatic hydroxyl groups is 1. The number of thiocarbonyl (C=S) groups is 1. The van der Waals surface area contributed by atoms with Crippen molar-refractivity contribution in [3.05, 3.63) is 82.9 Å². The summed E-state index contributed by atoms with van der Waals surface area (Å²) in [6.45, 7) is 1.32. The number of urea groups is 1. The lowest BCUT2D eigenvalue weighted by Gasteiger charge is -2.43. The highest BCUT2D eigenvalue weighted by atomic mass is 35.5. The van der Waals surface area contributed by atoms with Crippen molar-refractivity contribution in [1.82, 2.24) is 5.32 Å². The van der Waals surface area contributed by atoms with Crippen LogP contribution in [-0.2, 0) is 16.1 Å². The van der Waals surface area contributed by atoms with Gasteiger partial charge in [-0.1, -0.05) is 72.3 Å². The van der Waals surface area contributed by atoms with Crippen LogP contribution in [0.1, 0.15) is 18.1 Å². The number of hydrogen-bond donors (Lipinski definition) is 4. The summed E-state index contributed by atoms with van der Waals surface area (Å²) in [5.74, 6) is -2.61. The Kier molecular flexibility index (Phi) is 7.56. The Morgan fingerprint density at radius 2 is 1.79 bits per heavy atom. The maximum atomic E-state index is 11.7. The molecular formula is C23H21Cl2N3O4S. The van der Waals surface area contributed by atoms with Gasteiger partial charge >= 0.3 is 6.03 Å². The van der Waals surface area contributed by atoms with Crippen LogP contribution in [0.25, 0.3) is 5.57 Å². The number of anilines is 1. The van der Waals surface area contributed by atoms with Crippen LogP contribution in [-0.4, -0.2) is 32.7 Å². The SMILES string of the molecule is CC(=O)Nc1ccccc1C1=CC(Cl)(C(=S)NC(N)=O)C(O)(OCc2ccccc2)C(Cl)=C1. The van der Waals surface area contributed by atoms with E-state index < -0.39 is 16.7 Å². The first-order valence-electron chi connectivity index (χ1n) is 9.74. The van der Waals surface area contributed by atoms with Gasteiger partial charge in [-0.15, -0.1) is 11.6 Å². The van der Waals surface area contributed by atoms with E-state index in [0.717, 1.165) is 5.56 Å². The Morgan fingerprint density at radius 1 is 1.15 bits per heavy atom. The Morgan fingerprint density at radius 3 is 2.42 bits per heavy atom. The van der Waals surface area contributed by atoms with E-state index in [1.807, 2.05) is 18.2 Å². The molecule has 3 amide bonds. The largest absolute Gasteiger partial charge is 0.359 e. The van der Waals surface area contributed by atoms with E-state index in [1.165, 1.54) is 19.1 Å². The molecule has 0 aliphatic heterocycles. The molecule has 2 aromatic rings. The first-order valence-corrected chi connectivity index (χ1v) is 10.9. The van der Waals surface area contributed by atoms with Crippen molar-refractivity contribution in [2.24, 2.45) is 5.73 Å². The van der Waals surface area contributed by atoms with E-state index in [4.69, 9.17) is 45.9 Å². The van der Waals surface area contributed by atoms with E-state index in [2.05, 4.69) is 10.6 Å².